The summed E-state index contributed by atoms with van der Waals surface area (Å²) in [5, 5.41) is 2.73. The Morgan fingerprint density at radius 1 is 0.762 bits per heavy atom. The number of rotatable bonds is 2. The van der Waals surface area contributed by atoms with E-state index >= 15 is 0 Å². The molecule has 0 fully saturated rings. The van der Waals surface area contributed by atoms with Crippen LogP contribution in [0.2, 0.25) is 0 Å². The molecule has 4 aromatic rings. The molecule has 0 saturated heterocycles. The maximum atomic E-state index is 2.23. The number of hydrogen-bond donors (Lipinski definition) is 0. The molecule has 0 bridgehead atoms. The van der Waals surface area contributed by atoms with Crippen LogP contribution in [0.4, 0.5) is 0 Å². The van der Waals surface area contributed by atoms with Crippen molar-refractivity contribution in [1.82, 2.24) is 0 Å². The van der Waals surface area contributed by atoms with E-state index in [2.05, 4.69) is 73.7 Å². The zero-order chi connectivity index (χ0) is 14.2. The van der Waals surface area contributed by atoms with Crippen molar-refractivity contribution in [2.45, 2.75) is 16.7 Å². The lowest BCUT2D eigenvalue weighted by Gasteiger charge is -2.03. The minimum absolute atomic E-state index is 1.30. The van der Waals surface area contributed by atoms with E-state index < -0.39 is 0 Å². The Hall–Kier alpha value is -1.77. The van der Waals surface area contributed by atoms with Crippen molar-refractivity contribution in [2.24, 2.45) is 0 Å². The summed E-state index contributed by atoms with van der Waals surface area (Å²) in [7, 11) is 0. The average Bonchev–Trinajstić information content (AvgIpc) is 2.89. The Labute approximate surface area is 132 Å². The van der Waals surface area contributed by atoms with Crippen LogP contribution in [-0.2, 0) is 0 Å². The lowest BCUT2D eigenvalue weighted by atomic mass is 10.1. The second-order valence-electron chi connectivity index (χ2n) is 5.15. The fourth-order valence-corrected chi connectivity index (χ4v) is 4.77. The van der Waals surface area contributed by atoms with Gasteiger partial charge < -0.3 is 0 Å². The maximum Gasteiger partial charge on any atom is 0.0494 e. The first kappa shape index (κ1) is 12.9. The molecule has 0 spiro atoms. The second-order valence-corrected chi connectivity index (χ2v) is 7.31. The van der Waals surface area contributed by atoms with E-state index in [1.807, 2.05) is 23.1 Å². The first-order valence-corrected chi connectivity index (χ1v) is 8.59. The van der Waals surface area contributed by atoms with Crippen LogP contribution in [0.15, 0.2) is 76.5 Å². The van der Waals surface area contributed by atoms with E-state index in [9.17, 15) is 0 Å². The SMILES string of the molecule is Cc1ccc(Sc2cccc3c2sc2ccccc23)cc1. The van der Waals surface area contributed by atoms with Gasteiger partial charge in [-0.1, -0.05) is 59.8 Å². The molecule has 0 aliphatic rings. The highest BCUT2D eigenvalue weighted by Crippen LogP contribution is 2.41. The molecule has 0 atom stereocenters. The molecule has 4 rings (SSSR count). The van der Waals surface area contributed by atoms with E-state index in [0.717, 1.165) is 0 Å². The van der Waals surface area contributed by atoms with Crippen LogP contribution in [0.5, 0.6) is 0 Å². The number of thiophene rings is 1. The lowest BCUT2D eigenvalue weighted by molar-refractivity contribution is 1.37. The largest absolute Gasteiger partial charge is 0.134 e. The van der Waals surface area contributed by atoms with Gasteiger partial charge in [0.1, 0.15) is 0 Å². The summed E-state index contributed by atoms with van der Waals surface area (Å²) in [5.74, 6) is 0. The Kier molecular flexibility index (Phi) is 3.21. The Morgan fingerprint density at radius 3 is 2.38 bits per heavy atom. The molecule has 3 aromatic carbocycles. The highest BCUT2D eigenvalue weighted by molar-refractivity contribution is 7.99. The molecule has 0 aliphatic heterocycles. The van der Waals surface area contributed by atoms with Gasteiger partial charge in [0.25, 0.3) is 0 Å². The molecule has 2 heteroatoms. The van der Waals surface area contributed by atoms with Crippen LogP contribution in [0, 0.1) is 6.92 Å². The first-order valence-electron chi connectivity index (χ1n) is 6.96. The minimum atomic E-state index is 1.30. The summed E-state index contributed by atoms with van der Waals surface area (Å²) < 4.78 is 2.76. The maximum absolute atomic E-state index is 2.23. The predicted octanol–water partition coefficient (Wildman–Crippen LogP) is 6.51. The summed E-state index contributed by atoms with van der Waals surface area (Å²) in [6, 6.07) is 24.0. The smallest absolute Gasteiger partial charge is 0.0494 e. The molecule has 0 amide bonds. The van der Waals surface area contributed by atoms with Crippen LogP contribution < -0.4 is 0 Å². The van der Waals surface area contributed by atoms with Crippen molar-refractivity contribution in [3.8, 4) is 0 Å². The van der Waals surface area contributed by atoms with E-state index in [1.165, 1.54) is 35.5 Å². The third kappa shape index (κ3) is 2.35. The van der Waals surface area contributed by atoms with Crippen LogP contribution in [-0.4, -0.2) is 0 Å². The van der Waals surface area contributed by atoms with Crippen LogP contribution in [0.25, 0.3) is 20.2 Å². The number of aryl methyl sites for hydroxylation is 1. The van der Waals surface area contributed by atoms with Crippen LogP contribution in [0.1, 0.15) is 5.56 Å². The molecule has 0 saturated carbocycles. The highest BCUT2D eigenvalue weighted by Gasteiger charge is 2.09. The van der Waals surface area contributed by atoms with Crippen LogP contribution in [0.3, 0.4) is 0 Å². The normalized spacial score (nSPS) is 11.3. The molecular weight excluding hydrogens is 292 g/mol. The lowest BCUT2D eigenvalue weighted by Crippen LogP contribution is -1.75. The van der Waals surface area contributed by atoms with Crippen molar-refractivity contribution >= 4 is 43.3 Å². The third-order valence-electron chi connectivity index (χ3n) is 3.62. The standard InChI is InChI=1S/C19H14S2/c1-13-9-11-14(12-10-13)20-18-8-4-6-16-15-5-2-3-7-17(15)21-19(16)18/h2-12H,1H3. The molecule has 0 aliphatic carbocycles. The van der Waals surface area contributed by atoms with Gasteiger partial charge in [-0.2, -0.15) is 0 Å². The van der Waals surface area contributed by atoms with E-state index in [1.54, 1.807) is 0 Å². The van der Waals surface area contributed by atoms with Crippen LogP contribution >= 0.6 is 23.1 Å². The van der Waals surface area contributed by atoms with Crippen molar-refractivity contribution in [2.75, 3.05) is 0 Å². The number of hydrogen-bond acceptors (Lipinski definition) is 2. The van der Waals surface area contributed by atoms with E-state index in [4.69, 9.17) is 0 Å². The van der Waals surface area contributed by atoms with Gasteiger partial charge in [-0.05, 0) is 31.2 Å². The van der Waals surface area contributed by atoms with Gasteiger partial charge in [0, 0.05) is 30.0 Å². The van der Waals surface area contributed by atoms with Crippen molar-refractivity contribution < 1.29 is 0 Å². The zero-order valence-electron chi connectivity index (χ0n) is 11.7. The Bertz CT molecular complexity index is 917. The molecule has 102 valence electrons. The summed E-state index contributed by atoms with van der Waals surface area (Å²) in [6.45, 7) is 2.13. The summed E-state index contributed by atoms with van der Waals surface area (Å²) in [6.07, 6.45) is 0. The number of benzene rings is 3. The third-order valence-corrected chi connectivity index (χ3v) is 6.03. The highest BCUT2D eigenvalue weighted by atomic mass is 32.2. The Balaban J connectivity index is 1.86. The molecule has 0 nitrogen and oxygen atoms in total. The van der Waals surface area contributed by atoms with Gasteiger partial charge >= 0.3 is 0 Å². The van der Waals surface area contributed by atoms with Gasteiger partial charge in [-0.3, -0.25) is 0 Å². The van der Waals surface area contributed by atoms with Crippen molar-refractivity contribution in [3.05, 3.63) is 72.3 Å². The van der Waals surface area contributed by atoms with E-state index in [-0.39, 0.29) is 0 Å². The molecule has 21 heavy (non-hydrogen) atoms. The zero-order valence-corrected chi connectivity index (χ0v) is 13.3. The topological polar surface area (TPSA) is 0 Å². The van der Waals surface area contributed by atoms with Crippen molar-refractivity contribution in [3.63, 3.8) is 0 Å². The second kappa shape index (κ2) is 5.21. The summed E-state index contributed by atoms with van der Waals surface area (Å²) >= 11 is 3.74. The first-order chi connectivity index (χ1) is 10.3. The molecule has 0 radical (unpaired) electrons. The monoisotopic (exact) mass is 306 g/mol. The van der Waals surface area contributed by atoms with Gasteiger partial charge in [0.05, 0.1) is 0 Å². The van der Waals surface area contributed by atoms with Gasteiger partial charge in [-0.25, -0.2) is 0 Å². The quantitative estimate of drug-likeness (QED) is 0.406. The molecule has 0 N–H and O–H groups in total. The predicted molar refractivity (Wildman–Crippen MR) is 94.6 cm³/mol. The van der Waals surface area contributed by atoms with Gasteiger partial charge in [0.15, 0.2) is 0 Å². The van der Waals surface area contributed by atoms with Crippen molar-refractivity contribution in [1.29, 1.82) is 0 Å². The van der Waals surface area contributed by atoms with Gasteiger partial charge in [0.2, 0.25) is 0 Å². The minimum Gasteiger partial charge on any atom is -0.134 e. The fraction of sp³-hybridized carbons (Fsp3) is 0.0526. The Morgan fingerprint density at radius 2 is 1.52 bits per heavy atom. The molecular formula is C19H14S2. The van der Waals surface area contributed by atoms with E-state index in [0.29, 0.717) is 0 Å². The molecule has 1 aromatic heterocycles. The van der Waals surface area contributed by atoms with Gasteiger partial charge in [-0.15, -0.1) is 11.3 Å². The molecule has 1 heterocycles. The average molecular weight is 306 g/mol. The summed E-state index contributed by atoms with van der Waals surface area (Å²) in [4.78, 5) is 2.64. The number of fused-ring (bicyclic) bond motifs is 3. The summed E-state index contributed by atoms with van der Waals surface area (Å²) in [5.41, 5.74) is 1.31. The fourth-order valence-electron chi connectivity index (χ4n) is 2.53. The molecule has 0 unspecified atom stereocenters.